The van der Waals surface area contributed by atoms with E-state index in [1.165, 1.54) is 6.92 Å². The minimum Gasteiger partial charge on any atom is -0.481 e. The highest BCUT2D eigenvalue weighted by Crippen LogP contribution is 2.25. The Bertz CT molecular complexity index is 671. The predicted molar refractivity (Wildman–Crippen MR) is 81.0 cm³/mol. The van der Waals surface area contributed by atoms with E-state index in [-0.39, 0.29) is 11.9 Å². The predicted octanol–water partition coefficient (Wildman–Crippen LogP) is 1.09. The Morgan fingerprint density at radius 3 is 3.09 bits per heavy atom. The highest BCUT2D eigenvalue weighted by atomic mass is 16.5. The molecule has 116 valence electrons. The average Bonchev–Trinajstić information content (AvgIpc) is 3.15. The van der Waals surface area contributed by atoms with Crippen LogP contribution >= 0.6 is 0 Å². The normalized spacial score (nSPS) is 17.5. The number of carbonyl (C=O) groups is 1. The Morgan fingerprint density at radius 1 is 1.45 bits per heavy atom. The van der Waals surface area contributed by atoms with E-state index in [2.05, 4.69) is 25.3 Å². The van der Waals surface area contributed by atoms with Crippen molar-refractivity contribution in [2.75, 3.05) is 30.4 Å². The number of aromatic nitrogens is 4. The van der Waals surface area contributed by atoms with Gasteiger partial charge in [0, 0.05) is 44.5 Å². The fraction of sp³-hybridized carbons (Fsp3) is 0.429. The summed E-state index contributed by atoms with van der Waals surface area (Å²) in [4.78, 5) is 21.8. The molecule has 0 spiro atoms. The van der Waals surface area contributed by atoms with Crippen LogP contribution in [0.5, 0.6) is 5.88 Å². The third-order valence-corrected chi connectivity index (χ3v) is 3.56. The molecule has 1 atom stereocenters. The van der Waals surface area contributed by atoms with Crippen molar-refractivity contribution in [1.82, 2.24) is 19.7 Å². The fourth-order valence-corrected chi connectivity index (χ4v) is 2.53. The zero-order chi connectivity index (χ0) is 15.5. The van der Waals surface area contributed by atoms with Crippen LogP contribution in [0.15, 0.2) is 24.5 Å². The Balaban J connectivity index is 1.69. The van der Waals surface area contributed by atoms with Crippen LogP contribution < -0.4 is 15.0 Å². The summed E-state index contributed by atoms with van der Waals surface area (Å²) in [6, 6.07) is 3.76. The molecule has 1 aliphatic rings. The lowest BCUT2D eigenvalue weighted by molar-refractivity contribution is -0.114. The summed E-state index contributed by atoms with van der Waals surface area (Å²) in [6.07, 6.45) is 4.52. The van der Waals surface area contributed by atoms with Crippen molar-refractivity contribution >= 4 is 17.7 Å². The molecule has 0 bridgehead atoms. The molecule has 22 heavy (non-hydrogen) atoms. The van der Waals surface area contributed by atoms with Crippen LogP contribution in [0.2, 0.25) is 0 Å². The molecule has 1 N–H and O–H groups in total. The number of methoxy groups -OCH3 is 1. The van der Waals surface area contributed by atoms with E-state index in [4.69, 9.17) is 4.74 Å². The second kappa shape index (κ2) is 6.00. The van der Waals surface area contributed by atoms with Crippen molar-refractivity contribution in [3.63, 3.8) is 0 Å². The first-order valence-electron chi connectivity index (χ1n) is 7.10. The molecule has 0 radical (unpaired) electrons. The number of carbonyl (C=O) groups excluding carboxylic acids is 1. The number of nitrogens with zero attached hydrogens (tertiary/aromatic N) is 5. The number of anilines is 2. The standard InChI is InChI=1S/C14H18N6O2/c1-10(21)16-12-5-8-20(18-12)11-4-7-19(9-11)14-15-6-3-13(17-14)22-2/h3,5-6,8,11H,4,7,9H2,1-2H3,(H,16,18,21)/t11-/m0/s1. The fourth-order valence-electron chi connectivity index (χ4n) is 2.53. The van der Waals surface area contributed by atoms with Crippen LogP contribution in [0.3, 0.4) is 0 Å². The van der Waals surface area contributed by atoms with Crippen LogP contribution in [0, 0.1) is 0 Å². The van der Waals surface area contributed by atoms with Crippen LogP contribution in [0.4, 0.5) is 11.8 Å². The van der Waals surface area contributed by atoms with Gasteiger partial charge in [0.1, 0.15) is 0 Å². The van der Waals surface area contributed by atoms with Gasteiger partial charge in [-0.2, -0.15) is 10.1 Å². The zero-order valence-electron chi connectivity index (χ0n) is 12.6. The van der Waals surface area contributed by atoms with Gasteiger partial charge in [0.2, 0.25) is 17.7 Å². The molecule has 0 aromatic carbocycles. The topological polar surface area (TPSA) is 85.2 Å². The molecule has 1 fully saturated rings. The molecule has 8 heteroatoms. The van der Waals surface area contributed by atoms with Crippen molar-refractivity contribution in [2.24, 2.45) is 0 Å². The number of amides is 1. The first-order chi connectivity index (χ1) is 10.7. The van der Waals surface area contributed by atoms with Gasteiger partial charge in [-0.1, -0.05) is 0 Å². The van der Waals surface area contributed by atoms with Gasteiger partial charge in [-0.15, -0.1) is 0 Å². The molecule has 0 unspecified atom stereocenters. The summed E-state index contributed by atoms with van der Waals surface area (Å²) in [6.45, 7) is 3.10. The Hall–Kier alpha value is -2.64. The van der Waals surface area contributed by atoms with E-state index in [9.17, 15) is 4.79 Å². The van der Waals surface area contributed by atoms with Crippen molar-refractivity contribution < 1.29 is 9.53 Å². The molecule has 3 heterocycles. The summed E-state index contributed by atoms with van der Waals surface area (Å²) in [5.74, 6) is 1.67. The number of hydrogen-bond donors (Lipinski definition) is 1. The largest absolute Gasteiger partial charge is 0.481 e. The van der Waals surface area contributed by atoms with Crippen molar-refractivity contribution in [1.29, 1.82) is 0 Å². The molecule has 2 aromatic rings. The van der Waals surface area contributed by atoms with Gasteiger partial charge in [0.15, 0.2) is 5.82 Å². The van der Waals surface area contributed by atoms with E-state index in [1.807, 2.05) is 10.9 Å². The third kappa shape index (κ3) is 3.00. The van der Waals surface area contributed by atoms with Gasteiger partial charge in [-0.3, -0.25) is 9.48 Å². The molecule has 1 saturated heterocycles. The quantitative estimate of drug-likeness (QED) is 0.910. The van der Waals surface area contributed by atoms with Crippen molar-refractivity contribution in [3.8, 4) is 5.88 Å². The van der Waals surface area contributed by atoms with Gasteiger partial charge < -0.3 is 15.0 Å². The summed E-state index contributed by atoms with van der Waals surface area (Å²) in [5.41, 5.74) is 0. The smallest absolute Gasteiger partial charge is 0.228 e. The molecular weight excluding hydrogens is 284 g/mol. The molecule has 8 nitrogen and oxygen atoms in total. The van der Waals surface area contributed by atoms with Crippen LogP contribution in [0.1, 0.15) is 19.4 Å². The maximum atomic E-state index is 11.0. The monoisotopic (exact) mass is 302 g/mol. The SMILES string of the molecule is COc1ccnc(N2CC[C@H](n3ccc(NC(C)=O)n3)C2)n1. The first-order valence-corrected chi connectivity index (χ1v) is 7.10. The van der Waals surface area contributed by atoms with E-state index in [0.717, 1.165) is 19.5 Å². The highest BCUT2D eigenvalue weighted by Gasteiger charge is 2.26. The van der Waals surface area contributed by atoms with Crippen LogP contribution in [-0.4, -0.2) is 45.9 Å². The van der Waals surface area contributed by atoms with E-state index in [1.54, 1.807) is 25.4 Å². The molecular formula is C14H18N6O2. The van der Waals surface area contributed by atoms with E-state index in [0.29, 0.717) is 17.6 Å². The second-order valence-corrected chi connectivity index (χ2v) is 5.15. The molecule has 2 aromatic heterocycles. The zero-order valence-corrected chi connectivity index (χ0v) is 12.6. The number of hydrogen-bond acceptors (Lipinski definition) is 6. The molecule has 1 amide bonds. The first kappa shape index (κ1) is 14.3. The maximum Gasteiger partial charge on any atom is 0.228 e. The molecule has 0 aliphatic carbocycles. The summed E-state index contributed by atoms with van der Waals surface area (Å²) in [5, 5.41) is 7.07. The summed E-state index contributed by atoms with van der Waals surface area (Å²) >= 11 is 0. The Kier molecular flexibility index (Phi) is 3.90. The van der Waals surface area contributed by atoms with E-state index < -0.39 is 0 Å². The molecule has 3 rings (SSSR count). The third-order valence-electron chi connectivity index (χ3n) is 3.56. The summed E-state index contributed by atoms with van der Waals surface area (Å²) in [7, 11) is 1.59. The van der Waals surface area contributed by atoms with E-state index >= 15 is 0 Å². The highest BCUT2D eigenvalue weighted by molar-refractivity contribution is 5.87. The van der Waals surface area contributed by atoms with Gasteiger partial charge >= 0.3 is 0 Å². The number of rotatable bonds is 4. The van der Waals surface area contributed by atoms with Crippen molar-refractivity contribution in [2.45, 2.75) is 19.4 Å². The molecule has 0 saturated carbocycles. The Morgan fingerprint density at radius 2 is 2.32 bits per heavy atom. The molecule has 1 aliphatic heterocycles. The van der Waals surface area contributed by atoms with Crippen molar-refractivity contribution in [3.05, 3.63) is 24.5 Å². The van der Waals surface area contributed by atoms with Gasteiger partial charge in [0.05, 0.1) is 13.2 Å². The minimum atomic E-state index is -0.122. The van der Waals surface area contributed by atoms with Gasteiger partial charge in [-0.25, -0.2) is 4.98 Å². The second-order valence-electron chi connectivity index (χ2n) is 5.15. The van der Waals surface area contributed by atoms with Gasteiger partial charge in [0.25, 0.3) is 0 Å². The van der Waals surface area contributed by atoms with Crippen LogP contribution in [-0.2, 0) is 4.79 Å². The lowest BCUT2D eigenvalue weighted by atomic mass is 10.3. The lowest BCUT2D eigenvalue weighted by Gasteiger charge is -2.16. The number of ether oxygens (including phenoxy) is 1. The lowest BCUT2D eigenvalue weighted by Crippen LogP contribution is -2.23. The maximum absolute atomic E-state index is 11.0. The minimum absolute atomic E-state index is 0.122. The average molecular weight is 302 g/mol. The number of nitrogens with one attached hydrogen (secondary N) is 1. The Labute approximate surface area is 128 Å². The van der Waals surface area contributed by atoms with Gasteiger partial charge in [-0.05, 0) is 6.42 Å². The summed E-state index contributed by atoms with van der Waals surface area (Å²) < 4.78 is 7.01. The van der Waals surface area contributed by atoms with Crippen LogP contribution in [0.25, 0.3) is 0 Å².